The van der Waals surface area contributed by atoms with Crippen LogP contribution in [0, 0.1) is 0 Å². The standard InChI is InChI=1S/C15H14/c1-2-6-12(7-3-1)15-10-13-8-4-5-9-14(13)11-15/h1-2,4-6,8-10H,3,7,11H2. The summed E-state index contributed by atoms with van der Waals surface area (Å²) in [5, 5.41) is 0. The van der Waals surface area contributed by atoms with Gasteiger partial charge in [-0.15, -0.1) is 0 Å². The molecule has 0 radical (unpaired) electrons. The summed E-state index contributed by atoms with van der Waals surface area (Å²) in [4.78, 5) is 0. The molecule has 0 N–H and O–H groups in total. The van der Waals surface area contributed by atoms with E-state index in [4.69, 9.17) is 0 Å². The van der Waals surface area contributed by atoms with Crippen molar-refractivity contribution in [3.05, 3.63) is 64.8 Å². The number of allylic oxidation sites excluding steroid dienone is 5. The van der Waals surface area contributed by atoms with E-state index < -0.39 is 0 Å². The van der Waals surface area contributed by atoms with E-state index in [1.165, 1.54) is 35.1 Å². The van der Waals surface area contributed by atoms with Crippen molar-refractivity contribution in [2.24, 2.45) is 0 Å². The first-order chi connectivity index (χ1) is 7.43. The van der Waals surface area contributed by atoms with Crippen LogP contribution in [0.3, 0.4) is 0 Å². The molecule has 0 unspecified atom stereocenters. The first kappa shape index (κ1) is 8.72. The molecule has 0 amide bonds. The van der Waals surface area contributed by atoms with Crippen LogP contribution in [0.25, 0.3) is 6.08 Å². The zero-order valence-corrected chi connectivity index (χ0v) is 8.74. The highest BCUT2D eigenvalue weighted by Crippen LogP contribution is 2.32. The summed E-state index contributed by atoms with van der Waals surface area (Å²) in [6.45, 7) is 0. The van der Waals surface area contributed by atoms with Gasteiger partial charge in [0.1, 0.15) is 0 Å². The largest absolute Gasteiger partial charge is 0.0842 e. The zero-order chi connectivity index (χ0) is 10.1. The van der Waals surface area contributed by atoms with Crippen LogP contribution in [0.5, 0.6) is 0 Å². The van der Waals surface area contributed by atoms with Crippen LogP contribution >= 0.6 is 0 Å². The van der Waals surface area contributed by atoms with Crippen LogP contribution in [0.2, 0.25) is 0 Å². The lowest BCUT2D eigenvalue weighted by molar-refractivity contribution is 0.957. The van der Waals surface area contributed by atoms with E-state index in [-0.39, 0.29) is 0 Å². The SMILES string of the molecule is C1=CCCC(C2=Cc3ccccc3C2)=C1. The Morgan fingerprint density at radius 2 is 1.93 bits per heavy atom. The molecular formula is C15H14. The van der Waals surface area contributed by atoms with E-state index in [1.807, 2.05) is 0 Å². The first-order valence-electron chi connectivity index (χ1n) is 5.58. The minimum Gasteiger partial charge on any atom is -0.0842 e. The Morgan fingerprint density at radius 3 is 2.73 bits per heavy atom. The molecule has 1 aromatic carbocycles. The van der Waals surface area contributed by atoms with Crippen molar-refractivity contribution in [1.82, 2.24) is 0 Å². The van der Waals surface area contributed by atoms with Crippen LogP contribution in [-0.4, -0.2) is 0 Å². The summed E-state index contributed by atoms with van der Waals surface area (Å²) in [7, 11) is 0. The van der Waals surface area contributed by atoms with Crippen molar-refractivity contribution in [1.29, 1.82) is 0 Å². The average Bonchev–Trinajstić information content (AvgIpc) is 2.74. The van der Waals surface area contributed by atoms with Crippen LogP contribution in [0.15, 0.2) is 53.6 Å². The van der Waals surface area contributed by atoms with E-state index in [9.17, 15) is 0 Å². The van der Waals surface area contributed by atoms with E-state index in [0.717, 1.165) is 6.42 Å². The fraction of sp³-hybridized carbons (Fsp3) is 0.200. The van der Waals surface area contributed by atoms with Gasteiger partial charge in [-0.1, -0.05) is 48.6 Å². The molecule has 0 fully saturated rings. The monoisotopic (exact) mass is 194 g/mol. The van der Waals surface area contributed by atoms with Gasteiger partial charge in [0.15, 0.2) is 0 Å². The van der Waals surface area contributed by atoms with E-state index in [1.54, 1.807) is 0 Å². The molecule has 15 heavy (non-hydrogen) atoms. The van der Waals surface area contributed by atoms with Crippen LogP contribution in [0.4, 0.5) is 0 Å². The summed E-state index contributed by atoms with van der Waals surface area (Å²) >= 11 is 0. The maximum absolute atomic E-state index is 2.35. The summed E-state index contributed by atoms with van der Waals surface area (Å²) in [5.74, 6) is 0. The van der Waals surface area contributed by atoms with Gasteiger partial charge in [0.25, 0.3) is 0 Å². The predicted molar refractivity (Wildman–Crippen MR) is 64.6 cm³/mol. The molecule has 0 heteroatoms. The Labute approximate surface area is 90.6 Å². The Hall–Kier alpha value is -1.56. The van der Waals surface area contributed by atoms with E-state index >= 15 is 0 Å². The Kier molecular flexibility index (Phi) is 2.06. The van der Waals surface area contributed by atoms with Gasteiger partial charge in [-0.2, -0.15) is 0 Å². The Balaban J connectivity index is 1.94. The molecule has 0 saturated carbocycles. The molecule has 1 aromatic rings. The molecule has 2 aliphatic rings. The molecule has 0 bridgehead atoms. The Bertz CT molecular complexity index is 473. The van der Waals surface area contributed by atoms with Crippen molar-refractivity contribution in [2.45, 2.75) is 19.3 Å². The highest BCUT2D eigenvalue weighted by Gasteiger charge is 2.14. The van der Waals surface area contributed by atoms with Gasteiger partial charge >= 0.3 is 0 Å². The second-order valence-corrected chi connectivity index (χ2v) is 4.20. The summed E-state index contributed by atoms with van der Waals surface area (Å²) in [6, 6.07) is 8.69. The quantitative estimate of drug-likeness (QED) is 0.636. The second kappa shape index (κ2) is 3.54. The van der Waals surface area contributed by atoms with E-state index in [2.05, 4.69) is 48.6 Å². The number of hydrogen-bond acceptors (Lipinski definition) is 0. The maximum atomic E-state index is 2.35. The van der Waals surface area contributed by atoms with E-state index in [0.29, 0.717) is 0 Å². The minimum absolute atomic E-state index is 1.12. The van der Waals surface area contributed by atoms with Gasteiger partial charge in [0.05, 0.1) is 0 Å². The predicted octanol–water partition coefficient (Wildman–Crippen LogP) is 3.90. The van der Waals surface area contributed by atoms with Gasteiger partial charge in [0, 0.05) is 0 Å². The van der Waals surface area contributed by atoms with Crippen LogP contribution in [-0.2, 0) is 6.42 Å². The van der Waals surface area contributed by atoms with Gasteiger partial charge < -0.3 is 0 Å². The van der Waals surface area contributed by atoms with Crippen LogP contribution < -0.4 is 0 Å². The molecule has 0 atom stereocenters. The van der Waals surface area contributed by atoms with Gasteiger partial charge in [-0.25, -0.2) is 0 Å². The first-order valence-corrected chi connectivity index (χ1v) is 5.58. The highest BCUT2D eigenvalue weighted by molar-refractivity contribution is 5.68. The number of benzene rings is 1. The van der Waals surface area contributed by atoms with Crippen LogP contribution in [0.1, 0.15) is 24.0 Å². The molecule has 0 aliphatic heterocycles. The summed E-state index contributed by atoms with van der Waals surface area (Å²) < 4.78 is 0. The smallest absolute Gasteiger partial charge is 0.00169 e. The summed E-state index contributed by atoms with van der Waals surface area (Å²) in [5.41, 5.74) is 5.92. The molecule has 0 spiro atoms. The maximum Gasteiger partial charge on any atom is -0.00169 e. The van der Waals surface area contributed by atoms with Gasteiger partial charge in [0.2, 0.25) is 0 Å². The van der Waals surface area contributed by atoms with Crippen molar-refractivity contribution in [3.8, 4) is 0 Å². The Morgan fingerprint density at radius 1 is 1.00 bits per heavy atom. The van der Waals surface area contributed by atoms with Crippen molar-refractivity contribution >= 4 is 6.08 Å². The third-order valence-corrected chi connectivity index (χ3v) is 3.19. The zero-order valence-electron chi connectivity index (χ0n) is 8.74. The molecule has 0 nitrogen and oxygen atoms in total. The lowest BCUT2D eigenvalue weighted by atomic mass is 9.96. The van der Waals surface area contributed by atoms with Crippen molar-refractivity contribution in [2.75, 3.05) is 0 Å². The van der Waals surface area contributed by atoms with Gasteiger partial charge in [-0.3, -0.25) is 0 Å². The third kappa shape index (κ3) is 1.56. The summed E-state index contributed by atoms with van der Waals surface area (Å²) in [6.07, 6.45) is 12.6. The number of rotatable bonds is 1. The molecule has 74 valence electrons. The highest BCUT2D eigenvalue weighted by atomic mass is 14.2. The van der Waals surface area contributed by atoms with Gasteiger partial charge in [-0.05, 0) is 41.5 Å². The fourth-order valence-electron chi connectivity index (χ4n) is 2.36. The molecule has 0 saturated heterocycles. The minimum atomic E-state index is 1.12. The van der Waals surface area contributed by atoms with Crippen molar-refractivity contribution in [3.63, 3.8) is 0 Å². The molecule has 2 aliphatic carbocycles. The molecule has 0 aromatic heterocycles. The molecule has 0 heterocycles. The number of fused-ring (bicyclic) bond motifs is 1. The van der Waals surface area contributed by atoms with Crippen molar-refractivity contribution < 1.29 is 0 Å². The average molecular weight is 194 g/mol. The topological polar surface area (TPSA) is 0 Å². The second-order valence-electron chi connectivity index (χ2n) is 4.20. The molecule has 3 rings (SSSR count). The lowest BCUT2D eigenvalue weighted by Crippen LogP contribution is -1.92. The lowest BCUT2D eigenvalue weighted by Gasteiger charge is -2.09. The third-order valence-electron chi connectivity index (χ3n) is 3.19. The normalized spacial score (nSPS) is 18.4. The number of hydrogen-bond donors (Lipinski definition) is 0. The fourth-order valence-corrected chi connectivity index (χ4v) is 2.36. The molecular weight excluding hydrogens is 180 g/mol.